The van der Waals surface area contributed by atoms with Gasteiger partial charge in [-0.05, 0) is 40.2 Å². The van der Waals surface area contributed by atoms with Crippen molar-refractivity contribution in [1.82, 2.24) is 9.66 Å². The van der Waals surface area contributed by atoms with Crippen molar-refractivity contribution in [1.29, 1.82) is 0 Å². The lowest BCUT2D eigenvalue weighted by Crippen LogP contribution is -2.32. The molecule has 3 aromatic rings. The first-order valence-electron chi connectivity index (χ1n) is 6.86. The Morgan fingerprint density at radius 1 is 1.29 bits per heavy atom. The molecule has 0 aliphatic carbocycles. The first-order valence-corrected chi connectivity index (χ1v) is 7.65. The maximum absolute atomic E-state index is 12.4. The van der Waals surface area contributed by atoms with Gasteiger partial charge in [0.05, 0.1) is 24.2 Å². The molecule has 1 heterocycles. The zero-order valence-corrected chi connectivity index (χ0v) is 14.1. The maximum atomic E-state index is 12.4. The molecular weight excluding hydrogens is 378 g/mol. The SMILES string of the molecule is COc1cc(/C=N/n2c(=O)[nH]c3ccccc3c2=O)c(Br)cc1O. The zero-order chi connectivity index (χ0) is 17.3. The van der Waals surface area contributed by atoms with E-state index in [2.05, 4.69) is 26.0 Å². The second kappa shape index (κ2) is 6.32. The van der Waals surface area contributed by atoms with Crippen LogP contribution in [0.5, 0.6) is 11.5 Å². The largest absolute Gasteiger partial charge is 0.504 e. The van der Waals surface area contributed by atoms with Crippen molar-refractivity contribution in [3.8, 4) is 11.5 Å². The fourth-order valence-electron chi connectivity index (χ4n) is 2.20. The molecule has 0 aliphatic heterocycles. The number of fused-ring (bicyclic) bond motifs is 1. The third kappa shape index (κ3) is 2.83. The van der Waals surface area contributed by atoms with Crippen molar-refractivity contribution in [2.75, 3.05) is 7.11 Å². The van der Waals surface area contributed by atoms with Crippen LogP contribution in [0.3, 0.4) is 0 Å². The summed E-state index contributed by atoms with van der Waals surface area (Å²) in [6.07, 6.45) is 1.33. The summed E-state index contributed by atoms with van der Waals surface area (Å²) >= 11 is 3.28. The van der Waals surface area contributed by atoms with E-state index in [1.807, 2.05) is 0 Å². The van der Waals surface area contributed by atoms with E-state index >= 15 is 0 Å². The van der Waals surface area contributed by atoms with E-state index in [0.29, 0.717) is 20.9 Å². The minimum Gasteiger partial charge on any atom is -0.504 e. The molecule has 24 heavy (non-hydrogen) atoms. The van der Waals surface area contributed by atoms with Crippen molar-refractivity contribution in [3.05, 3.63) is 67.3 Å². The Kier molecular flexibility index (Phi) is 4.22. The average Bonchev–Trinajstić information content (AvgIpc) is 2.56. The van der Waals surface area contributed by atoms with Gasteiger partial charge in [0, 0.05) is 10.0 Å². The van der Waals surface area contributed by atoms with E-state index in [-0.39, 0.29) is 11.5 Å². The molecule has 0 saturated heterocycles. The Hall–Kier alpha value is -2.87. The number of phenols is 1. The van der Waals surface area contributed by atoms with Crippen LogP contribution in [-0.2, 0) is 0 Å². The number of nitrogens with zero attached hydrogens (tertiary/aromatic N) is 2. The van der Waals surface area contributed by atoms with Gasteiger partial charge < -0.3 is 14.8 Å². The molecule has 1 aromatic heterocycles. The van der Waals surface area contributed by atoms with Crippen molar-refractivity contribution in [3.63, 3.8) is 0 Å². The summed E-state index contributed by atoms with van der Waals surface area (Å²) < 4.78 is 6.31. The number of benzene rings is 2. The highest BCUT2D eigenvalue weighted by Crippen LogP contribution is 2.31. The van der Waals surface area contributed by atoms with Gasteiger partial charge in [0.2, 0.25) is 0 Å². The van der Waals surface area contributed by atoms with E-state index in [4.69, 9.17) is 4.74 Å². The second-order valence-electron chi connectivity index (χ2n) is 4.88. The zero-order valence-electron chi connectivity index (χ0n) is 12.5. The Bertz CT molecular complexity index is 1070. The normalized spacial score (nSPS) is 11.2. The molecule has 0 amide bonds. The molecule has 0 bridgehead atoms. The highest BCUT2D eigenvalue weighted by Gasteiger charge is 2.08. The smallest absolute Gasteiger partial charge is 0.349 e. The molecule has 0 saturated carbocycles. The molecule has 3 rings (SSSR count). The quantitative estimate of drug-likeness (QED) is 0.669. The number of hydrogen-bond donors (Lipinski definition) is 2. The molecule has 0 aliphatic rings. The number of aromatic hydroxyl groups is 1. The molecule has 8 heteroatoms. The molecule has 0 fully saturated rings. The second-order valence-corrected chi connectivity index (χ2v) is 5.74. The molecule has 7 nitrogen and oxygen atoms in total. The van der Waals surface area contributed by atoms with Crippen LogP contribution in [-0.4, -0.2) is 28.1 Å². The van der Waals surface area contributed by atoms with E-state index in [0.717, 1.165) is 4.68 Å². The number of H-pyrrole nitrogens is 1. The minimum absolute atomic E-state index is 0.0396. The molecule has 2 N–H and O–H groups in total. The summed E-state index contributed by atoms with van der Waals surface area (Å²) in [6.45, 7) is 0. The van der Waals surface area contributed by atoms with E-state index in [1.165, 1.54) is 25.5 Å². The Morgan fingerprint density at radius 3 is 2.79 bits per heavy atom. The number of aromatic amines is 1. The Morgan fingerprint density at radius 2 is 2.04 bits per heavy atom. The Labute approximate surface area is 144 Å². The molecule has 2 aromatic carbocycles. The van der Waals surface area contributed by atoms with Gasteiger partial charge in [-0.2, -0.15) is 5.10 Å². The predicted octanol–water partition coefficient (Wildman–Crippen LogP) is 2.05. The van der Waals surface area contributed by atoms with Gasteiger partial charge in [-0.1, -0.05) is 12.1 Å². The summed E-state index contributed by atoms with van der Waals surface area (Å²) in [5.74, 6) is 0.210. The molecule has 0 spiro atoms. The lowest BCUT2D eigenvalue weighted by molar-refractivity contribution is 0.373. The molecule has 0 atom stereocenters. The molecule has 0 radical (unpaired) electrons. The van der Waals surface area contributed by atoms with Gasteiger partial charge in [0.15, 0.2) is 11.5 Å². The summed E-state index contributed by atoms with van der Waals surface area (Å²) in [5.41, 5.74) is -0.181. The van der Waals surface area contributed by atoms with Crippen LogP contribution in [0.1, 0.15) is 5.56 Å². The van der Waals surface area contributed by atoms with Gasteiger partial charge in [0.25, 0.3) is 5.56 Å². The lowest BCUT2D eigenvalue weighted by atomic mass is 10.2. The first-order chi connectivity index (χ1) is 11.5. The number of para-hydroxylation sites is 1. The Balaban J connectivity index is 2.12. The van der Waals surface area contributed by atoms with E-state index in [9.17, 15) is 14.7 Å². The van der Waals surface area contributed by atoms with Crippen LogP contribution in [0.2, 0.25) is 0 Å². The molecule has 122 valence electrons. The predicted molar refractivity (Wildman–Crippen MR) is 94.2 cm³/mol. The lowest BCUT2D eigenvalue weighted by Gasteiger charge is -2.06. The third-order valence-electron chi connectivity index (χ3n) is 3.39. The monoisotopic (exact) mass is 389 g/mol. The standard InChI is InChI=1S/C16H12BrN3O4/c1-24-14-6-9(11(17)7-13(14)21)8-18-20-15(22)10-4-2-3-5-12(10)19-16(20)23/h2-8,21H,1H3,(H,19,23)/b18-8+. The number of hydrogen-bond acceptors (Lipinski definition) is 5. The summed E-state index contributed by atoms with van der Waals surface area (Å²) in [7, 11) is 1.42. The van der Waals surface area contributed by atoms with Crippen LogP contribution in [0.15, 0.2) is 55.6 Å². The van der Waals surface area contributed by atoms with Crippen LogP contribution >= 0.6 is 15.9 Å². The number of halogens is 1. The topological polar surface area (TPSA) is 96.7 Å². The summed E-state index contributed by atoms with van der Waals surface area (Å²) in [6, 6.07) is 9.66. The van der Waals surface area contributed by atoms with Gasteiger partial charge in [-0.3, -0.25) is 4.79 Å². The van der Waals surface area contributed by atoms with Crippen LogP contribution in [0.25, 0.3) is 10.9 Å². The highest BCUT2D eigenvalue weighted by atomic mass is 79.9. The first kappa shape index (κ1) is 16.0. The number of ether oxygens (including phenoxy) is 1. The van der Waals surface area contributed by atoms with Crippen LogP contribution in [0, 0.1) is 0 Å². The van der Waals surface area contributed by atoms with Gasteiger partial charge in [-0.15, -0.1) is 4.68 Å². The average molecular weight is 390 g/mol. The number of phenolic OH excluding ortho intramolecular Hbond substituents is 1. The highest BCUT2D eigenvalue weighted by molar-refractivity contribution is 9.10. The van der Waals surface area contributed by atoms with E-state index < -0.39 is 11.2 Å². The van der Waals surface area contributed by atoms with Crippen LogP contribution < -0.4 is 16.0 Å². The number of nitrogens with one attached hydrogen (secondary N) is 1. The van der Waals surface area contributed by atoms with Gasteiger partial charge >= 0.3 is 5.69 Å². The van der Waals surface area contributed by atoms with Crippen molar-refractivity contribution in [2.24, 2.45) is 5.10 Å². The van der Waals surface area contributed by atoms with Crippen molar-refractivity contribution < 1.29 is 9.84 Å². The van der Waals surface area contributed by atoms with Gasteiger partial charge in [0.1, 0.15) is 0 Å². The third-order valence-corrected chi connectivity index (χ3v) is 4.08. The summed E-state index contributed by atoms with van der Waals surface area (Å²) in [5, 5.41) is 14.0. The van der Waals surface area contributed by atoms with Crippen molar-refractivity contribution >= 4 is 33.0 Å². The number of methoxy groups -OCH3 is 1. The minimum atomic E-state index is -0.642. The van der Waals surface area contributed by atoms with Crippen LogP contribution in [0.4, 0.5) is 0 Å². The summed E-state index contributed by atoms with van der Waals surface area (Å²) in [4.78, 5) is 27.0. The molecule has 0 unspecified atom stereocenters. The van der Waals surface area contributed by atoms with Gasteiger partial charge in [-0.25, -0.2) is 4.79 Å². The van der Waals surface area contributed by atoms with E-state index in [1.54, 1.807) is 24.3 Å². The fourth-order valence-corrected chi connectivity index (χ4v) is 2.63. The fraction of sp³-hybridized carbons (Fsp3) is 0.0625. The number of rotatable bonds is 3. The van der Waals surface area contributed by atoms with Crippen molar-refractivity contribution in [2.45, 2.75) is 0 Å². The maximum Gasteiger partial charge on any atom is 0.349 e. The molecular formula is C16H12BrN3O4. The number of aromatic nitrogens is 2.